The Hall–Kier alpha value is -0.820. The van der Waals surface area contributed by atoms with Gasteiger partial charge in [-0.1, -0.05) is 44.5 Å². The summed E-state index contributed by atoms with van der Waals surface area (Å²) in [5.41, 5.74) is 2.51. The third kappa shape index (κ3) is 2.30. The summed E-state index contributed by atoms with van der Waals surface area (Å²) in [4.78, 5) is 0. The standard InChI is InChI=1S/C15H22O/c1-3-11(2)10-13-9-8-12-6-4-5-7-14(12)15(13)16/h4-7,11,13,15-16H,3,8-10H2,1-2H3. The summed E-state index contributed by atoms with van der Waals surface area (Å²) in [5.74, 6) is 1.19. The van der Waals surface area contributed by atoms with Crippen molar-refractivity contribution in [3.63, 3.8) is 0 Å². The minimum absolute atomic E-state index is 0.237. The molecule has 0 amide bonds. The molecular formula is C15H22O. The molecule has 0 saturated heterocycles. The first-order valence-electron chi connectivity index (χ1n) is 6.48. The Morgan fingerprint density at radius 3 is 2.88 bits per heavy atom. The minimum Gasteiger partial charge on any atom is -0.388 e. The van der Waals surface area contributed by atoms with Crippen LogP contribution in [0.2, 0.25) is 0 Å². The number of aliphatic hydroxyl groups is 1. The molecule has 0 bridgehead atoms. The van der Waals surface area contributed by atoms with E-state index in [4.69, 9.17) is 0 Å². The van der Waals surface area contributed by atoms with Gasteiger partial charge in [-0.15, -0.1) is 0 Å². The smallest absolute Gasteiger partial charge is 0.0821 e. The number of hydrogen-bond donors (Lipinski definition) is 1. The Morgan fingerprint density at radius 2 is 2.12 bits per heavy atom. The van der Waals surface area contributed by atoms with Crippen LogP contribution in [0.1, 0.15) is 50.3 Å². The van der Waals surface area contributed by atoms with E-state index in [0.29, 0.717) is 5.92 Å². The van der Waals surface area contributed by atoms with Crippen LogP contribution in [0.3, 0.4) is 0 Å². The molecule has 0 saturated carbocycles. The summed E-state index contributed by atoms with van der Waals surface area (Å²) >= 11 is 0. The van der Waals surface area contributed by atoms with Crippen LogP contribution in [-0.4, -0.2) is 5.11 Å². The van der Waals surface area contributed by atoms with Crippen LogP contribution in [-0.2, 0) is 6.42 Å². The number of aliphatic hydroxyl groups excluding tert-OH is 1. The van der Waals surface area contributed by atoms with Crippen molar-refractivity contribution < 1.29 is 5.11 Å². The van der Waals surface area contributed by atoms with Crippen molar-refractivity contribution in [2.24, 2.45) is 11.8 Å². The van der Waals surface area contributed by atoms with E-state index in [2.05, 4.69) is 32.0 Å². The van der Waals surface area contributed by atoms with Crippen molar-refractivity contribution in [2.45, 2.75) is 45.6 Å². The molecule has 3 unspecified atom stereocenters. The second kappa shape index (κ2) is 5.01. The first-order chi connectivity index (χ1) is 7.72. The Labute approximate surface area is 98.5 Å². The summed E-state index contributed by atoms with van der Waals surface area (Å²) < 4.78 is 0. The van der Waals surface area contributed by atoms with Gasteiger partial charge >= 0.3 is 0 Å². The first-order valence-corrected chi connectivity index (χ1v) is 6.48. The summed E-state index contributed by atoms with van der Waals surface area (Å²) in [7, 11) is 0. The van der Waals surface area contributed by atoms with Crippen LogP contribution in [0.25, 0.3) is 0 Å². The molecule has 0 heterocycles. The molecule has 0 radical (unpaired) electrons. The van der Waals surface area contributed by atoms with Crippen LogP contribution in [0, 0.1) is 11.8 Å². The van der Waals surface area contributed by atoms with Crippen LogP contribution in [0.5, 0.6) is 0 Å². The molecule has 0 aliphatic heterocycles. The maximum Gasteiger partial charge on any atom is 0.0821 e. The summed E-state index contributed by atoms with van der Waals surface area (Å²) in [6, 6.07) is 8.34. The molecule has 1 aromatic rings. The molecule has 1 aliphatic carbocycles. The molecule has 16 heavy (non-hydrogen) atoms. The fraction of sp³-hybridized carbons (Fsp3) is 0.600. The highest BCUT2D eigenvalue weighted by Crippen LogP contribution is 2.37. The number of benzene rings is 1. The van der Waals surface area contributed by atoms with Gasteiger partial charge in [0.1, 0.15) is 0 Å². The minimum atomic E-state index is -0.237. The van der Waals surface area contributed by atoms with Gasteiger partial charge in [0.15, 0.2) is 0 Å². The highest BCUT2D eigenvalue weighted by atomic mass is 16.3. The monoisotopic (exact) mass is 218 g/mol. The summed E-state index contributed by atoms with van der Waals surface area (Å²) in [6.45, 7) is 4.51. The fourth-order valence-corrected chi connectivity index (χ4v) is 2.73. The van der Waals surface area contributed by atoms with Crippen LogP contribution < -0.4 is 0 Å². The Balaban J connectivity index is 2.12. The normalized spacial score (nSPS) is 26.2. The van der Waals surface area contributed by atoms with Gasteiger partial charge in [-0.3, -0.25) is 0 Å². The van der Waals surface area contributed by atoms with Crippen molar-refractivity contribution >= 4 is 0 Å². The maximum absolute atomic E-state index is 10.4. The van der Waals surface area contributed by atoms with E-state index < -0.39 is 0 Å². The van der Waals surface area contributed by atoms with Gasteiger partial charge in [0.2, 0.25) is 0 Å². The second-order valence-electron chi connectivity index (χ2n) is 5.19. The van der Waals surface area contributed by atoms with Gasteiger partial charge in [0.25, 0.3) is 0 Å². The highest BCUT2D eigenvalue weighted by molar-refractivity contribution is 5.31. The average molecular weight is 218 g/mol. The van der Waals surface area contributed by atoms with Crippen LogP contribution in [0.15, 0.2) is 24.3 Å². The Morgan fingerprint density at radius 1 is 1.38 bits per heavy atom. The SMILES string of the molecule is CCC(C)CC1CCc2ccccc2C1O. The number of hydrogen-bond acceptors (Lipinski definition) is 1. The van der Waals surface area contributed by atoms with Gasteiger partial charge in [-0.25, -0.2) is 0 Å². The Bertz CT molecular complexity index is 345. The molecule has 0 aromatic heterocycles. The predicted molar refractivity (Wildman–Crippen MR) is 67.3 cm³/mol. The Kier molecular flexibility index (Phi) is 3.65. The molecule has 1 heteroatoms. The molecule has 0 spiro atoms. The zero-order valence-corrected chi connectivity index (χ0v) is 10.3. The molecule has 0 fully saturated rings. The molecule has 1 N–H and O–H groups in total. The van der Waals surface area contributed by atoms with E-state index in [-0.39, 0.29) is 6.10 Å². The maximum atomic E-state index is 10.4. The molecule has 2 rings (SSSR count). The van der Waals surface area contributed by atoms with Gasteiger partial charge in [0.05, 0.1) is 6.10 Å². The van der Waals surface area contributed by atoms with E-state index >= 15 is 0 Å². The lowest BCUT2D eigenvalue weighted by molar-refractivity contribution is 0.0791. The topological polar surface area (TPSA) is 20.2 Å². The number of rotatable bonds is 3. The van der Waals surface area contributed by atoms with E-state index in [0.717, 1.165) is 25.2 Å². The van der Waals surface area contributed by atoms with Crippen molar-refractivity contribution in [2.75, 3.05) is 0 Å². The lowest BCUT2D eigenvalue weighted by atomic mass is 9.77. The summed E-state index contributed by atoms with van der Waals surface area (Å²) in [6.07, 6.45) is 4.41. The molecular weight excluding hydrogens is 196 g/mol. The van der Waals surface area contributed by atoms with Crippen LogP contribution in [0.4, 0.5) is 0 Å². The fourth-order valence-electron chi connectivity index (χ4n) is 2.73. The molecule has 3 atom stereocenters. The van der Waals surface area contributed by atoms with E-state index in [1.807, 2.05) is 6.07 Å². The van der Waals surface area contributed by atoms with Crippen molar-refractivity contribution in [3.8, 4) is 0 Å². The highest BCUT2D eigenvalue weighted by Gasteiger charge is 2.28. The molecule has 1 aliphatic rings. The average Bonchev–Trinajstić information content (AvgIpc) is 2.33. The second-order valence-corrected chi connectivity index (χ2v) is 5.19. The van der Waals surface area contributed by atoms with Crippen molar-refractivity contribution in [1.29, 1.82) is 0 Å². The van der Waals surface area contributed by atoms with E-state index in [9.17, 15) is 5.11 Å². The third-order valence-electron chi connectivity index (χ3n) is 4.01. The summed E-state index contributed by atoms with van der Waals surface area (Å²) in [5, 5.41) is 10.4. The number of fused-ring (bicyclic) bond motifs is 1. The molecule has 1 aromatic carbocycles. The zero-order valence-electron chi connectivity index (χ0n) is 10.3. The third-order valence-corrected chi connectivity index (χ3v) is 4.01. The van der Waals surface area contributed by atoms with Gasteiger partial charge in [-0.2, -0.15) is 0 Å². The van der Waals surface area contributed by atoms with E-state index in [1.54, 1.807) is 0 Å². The quantitative estimate of drug-likeness (QED) is 0.819. The largest absolute Gasteiger partial charge is 0.388 e. The first kappa shape index (κ1) is 11.7. The lowest BCUT2D eigenvalue weighted by Gasteiger charge is -2.31. The van der Waals surface area contributed by atoms with Crippen LogP contribution >= 0.6 is 0 Å². The molecule has 1 nitrogen and oxygen atoms in total. The number of aryl methyl sites for hydroxylation is 1. The van der Waals surface area contributed by atoms with Gasteiger partial charge in [-0.05, 0) is 42.2 Å². The lowest BCUT2D eigenvalue weighted by Crippen LogP contribution is -2.22. The molecule has 88 valence electrons. The van der Waals surface area contributed by atoms with Gasteiger partial charge < -0.3 is 5.11 Å². The van der Waals surface area contributed by atoms with Gasteiger partial charge in [0, 0.05) is 0 Å². The zero-order chi connectivity index (χ0) is 11.5. The predicted octanol–water partition coefficient (Wildman–Crippen LogP) is 3.72. The van der Waals surface area contributed by atoms with Crippen molar-refractivity contribution in [3.05, 3.63) is 35.4 Å². The van der Waals surface area contributed by atoms with Crippen molar-refractivity contribution in [1.82, 2.24) is 0 Å². The van der Waals surface area contributed by atoms with E-state index in [1.165, 1.54) is 17.5 Å².